The molecule has 2 N–H and O–H groups in total. The minimum atomic E-state index is -1.06. The Kier molecular flexibility index (Phi) is 14.1. The van der Waals surface area contributed by atoms with E-state index in [2.05, 4.69) is 0 Å². The van der Waals surface area contributed by atoms with Crippen LogP contribution >= 0.6 is 0 Å². The van der Waals surface area contributed by atoms with Gasteiger partial charge in [0.25, 0.3) is 0 Å². The van der Waals surface area contributed by atoms with Gasteiger partial charge in [0, 0.05) is 0 Å². The smallest absolute Gasteiger partial charge is 0.458 e. The highest BCUT2D eigenvalue weighted by Crippen LogP contribution is 2.31. The summed E-state index contributed by atoms with van der Waals surface area (Å²) in [6, 6.07) is 3.62. The molecule has 0 aliphatic rings. The van der Waals surface area contributed by atoms with Crippen molar-refractivity contribution < 1.29 is 42.9 Å². The average molecular weight is 566 g/mol. The van der Waals surface area contributed by atoms with E-state index in [1.165, 1.54) is 12.1 Å². The molecule has 0 heterocycles. The molecule has 6 atom stereocenters. The van der Waals surface area contributed by atoms with Crippen molar-refractivity contribution in [2.24, 2.45) is 29.4 Å². The van der Waals surface area contributed by atoms with Crippen LogP contribution in [0.4, 0.5) is 4.79 Å². The number of hydrogen-bond donors (Lipinski definition) is 1. The van der Waals surface area contributed by atoms with Crippen LogP contribution < -0.4 is 15.2 Å². The Bertz CT molecular complexity index is 1010. The second kappa shape index (κ2) is 16.2. The van der Waals surface area contributed by atoms with Crippen LogP contribution in [0.2, 0.25) is 0 Å². The maximum atomic E-state index is 12.7. The van der Waals surface area contributed by atoms with Crippen LogP contribution in [0.5, 0.6) is 11.5 Å². The fourth-order valence-electron chi connectivity index (χ4n) is 3.02. The van der Waals surface area contributed by atoms with Gasteiger partial charge in [0.2, 0.25) is 0 Å². The van der Waals surface area contributed by atoms with Crippen LogP contribution in [0.1, 0.15) is 81.2 Å². The van der Waals surface area contributed by atoms with E-state index in [0.29, 0.717) is 12.0 Å². The van der Waals surface area contributed by atoms with Crippen LogP contribution in [-0.2, 0) is 35.0 Å². The summed E-state index contributed by atoms with van der Waals surface area (Å²) in [7, 11) is 0. The van der Waals surface area contributed by atoms with Gasteiger partial charge >= 0.3 is 24.1 Å². The maximum Gasteiger partial charge on any atom is 0.508 e. The van der Waals surface area contributed by atoms with Gasteiger partial charge in [0.05, 0.1) is 11.8 Å². The zero-order valence-corrected chi connectivity index (χ0v) is 25.5. The molecule has 40 heavy (non-hydrogen) atoms. The van der Waals surface area contributed by atoms with Gasteiger partial charge in [0.1, 0.15) is 24.4 Å². The Hall–Kier alpha value is -3.14. The first-order chi connectivity index (χ1) is 18.6. The first-order valence-corrected chi connectivity index (χ1v) is 14.0. The van der Waals surface area contributed by atoms with Crippen molar-refractivity contribution in [1.82, 2.24) is 0 Å². The van der Waals surface area contributed by atoms with Gasteiger partial charge in [-0.15, -0.1) is 0 Å². The van der Waals surface area contributed by atoms with Gasteiger partial charge < -0.3 is 29.4 Å². The Morgan fingerprint density at radius 2 is 1.20 bits per heavy atom. The molecule has 0 aliphatic heterocycles. The van der Waals surface area contributed by atoms with E-state index in [1.807, 2.05) is 34.6 Å². The average Bonchev–Trinajstić information content (AvgIpc) is 2.88. The summed E-state index contributed by atoms with van der Waals surface area (Å²) >= 11 is 0. The van der Waals surface area contributed by atoms with Crippen LogP contribution in [0, 0.1) is 23.7 Å². The molecule has 0 bridgehead atoms. The number of esters is 3. The van der Waals surface area contributed by atoms with Gasteiger partial charge in [-0.1, -0.05) is 54.5 Å². The molecule has 0 saturated carbocycles. The first kappa shape index (κ1) is 34.9. The van der Waals surface area contributed by atoms with Gasteiger partial charge in [-0.2, -0.15) is 0 Å². The highest BCUT2D eigenvalue weighted by atomic mass is 16.7. The van der Waals surface area contributed by atoms with E-state index in [4.69, 9.17) is 29.4 Å². The third-order valence-electron chi connectivity index (χ3n) is 7.05. The molecule has 0 spiro atoms. The summed E-state index contributed by atoms with van der Waals surface area (Å²) < 4.78 is 26.9. The van der Waals surface area contributed by atoms with Gasteiger partial charge in [-0.25, -0.2) is 4.79 Å². The minimum absolute atomic E-state index is 0.0381. The highest BCUT2D eigenvalue weighted by molar-refractivity contribution is 5.79. The van der Waals surface area contributed by atoms with Crippen LogP contribution in [0.15, 0.2) is 18.2 Å². The Morgan fingerprint density at radius 1 is 0.700 bits per heavy atom. The molecule has 0 aliphatic carbocycles. The topological polar surface area (TPSA) is 140 Å². The van der Waals surface area contributed by atoms with Crippen molar-refractivity contribution in [1.29, 1.82) is 0 Å². The lowest BCUT2D eigenvalue weighted by atomic mass is 9.98. The summed E-state index contributed by atoms with van der Waals surface area (Å²) in [6.45, 7) is 17.9. The van der Waals surface area contributed by atoms with Gasteiger partial charge in [-0.3, -0.25) is 14.4 Å². The molecular weight excluding hydrogens is 518 g/mol. The number of nitrogens with two attached hydrogens (primary N) is 1. The molecule has 10 nitrogen and oxygen atoms in total. The van der Waals surface area contributed by atoms with E-state index in [1.54, 1.807) is 40.7 Å². The summed E-state index contributed by atoms with van der Waals surface area (Å²) in [5.74, 6) is -2.12. The lowest BCUT2D eigenvalue weighted by Crippen LogP contribution is -2.39. The molecule has 1 rings (SSSR count). The summed E-state index contributed by atoms with van der Waals surface area (Å²) in [5, 5.41) is 0. The standard InChI is InChI=1S/C30H47NO9/c1-11-18(6)36-30(35)38-22(10)21(9)37-29(34)24(31)14-23-12-13-25(39-27(32)19(7)16(2)3)26(15-23)40-28(33)20(8)17(4)5/h12-13,15-22,24H,11,14,31H2,1-10H3/t18?,19?,20?,21-,22-,24-/m0/s1. The van der Waals surface area contributed by atoms with Crippen molar-refractivity contribution in [2.45, 2.75) is 106 Å². The lowest BCUT2D eigenvalue weighted by molar-refractivity contribution is -0.155. The second-order valence-electron chi connectivity index (χ2n) is 11.1. The van der Waals surface area contributed by atoms with E-state index in [9.17, 15) is 19.2 Å². The number of carbonyl (C=O) groups is 4. The number of benzene rings is 1. The van der Waals surface area contributed by atoms with Crippen molar-refractivity contribution in [3.63, 3.8) is 0 Å². The number of carbonyl (C=O) groups excluding carboxylic acids is 4. The number of hydrogen-bond acceptors (Lipinski definition) is 10. The highest BCUT2D eigenvalue weighted by Gasteiger charge is 2.27. The molecule has 3 unspecified atom stereocenters. The third kappa shape index (κ3) is 11.2. The molecule has 226 valence electrons. The molecular formula is C30H47NO9. The van der Waals surface area contributed by atoms with E-state index < -0.39 is 48.2 Å². The van der Waals surface area contributed by atoms with E-state index in [-0.39, 0.29) is 41.8 Å². The molecule has 0 aromatic heterocycles. The molecule has 0 fully saturated rings. The Morgan fingerprint density at radius 3 is 1.70 bits per heavy atom. The van der Waals surface area contributed by atoms with Crippen molar-refractivity contribution in [3.8, 4) is 11.5 Å². The van der Waals surface area contributed by atoms with Crippen LogP contribution in [0.3, 0.4) is 0 Å². The van der Waals surface area contributed by atoms with Crippen molar-refractivity contribution in [2.75, 3.05) is 0 Å². The third-order valence-corrected chi connectivity index (χ3v) is 7.05. The maximum absolute atomic E-state index is 12.7. The normalized spacial score (nSPS) is 15.8. The first-order valence-electron chi connectivity index (χ1n) is 14.0. The summed E-state index contributed by atoms with van der Waals surface area (Å²) in [4.78, 5) is 49.8. The van der Waals surface area contributed by atoms with Crippen molar-refractivity contribution >= 4 is 24.1 Å². The minimum Gasteiger partial charge on any atom is -0.458 e. The predicted octanol–water partition coefficient (Wildman–Crippen LogP) is 5.22. The van der Waals surface area contributed by atoms with Crippen LogP contribution in [0.25, 0.3) is 0 Å². The van der Waals surface area contributed by atoms with Crippen molar-refractivity contribution in [3.05, 3.63) is 23.8 Å². The molecule has 0 amide bonds. The molecule has 10 heteroatoms. The fourth-order valence-corrected chi connectivity index (χ4v) is 3.02. The fraction of sp³-hybridized carbons (Fsp3) is 0.667. The molecule has 1 aromatic carbocycles. The molecule has 0 saturated heterocycles. The zero-order chi connectivity index (χ0) is 30.7. The summed E-state index contributed by atoms with van der Waals surface area (Å²) in [5.41, 5.74) is 6.68. The monoisotopic (exact) mass is 565 g/mol. The zero-order valence-electron chi connectivity index (χ0n) is 25.5. The second-order valence-corrected chi connectivity index (χ2v) is 11.1. The predicted molar refractivity (Wildman–Crippen MR) is 150 cm³/mol. The molecule has 1 aromatic rings. The lowest BCUT2D eigenvalue weighted by Gasteiger charge is -2.23. The van der Waals surface area contributed by atoms with Gasteiger partial charge in [-0.05, 0) is 63.1 Å². The quantitative estimate of drug-likeness (QED) is 0.236. The SMILES string of the molecule is CCC(C)OC(=O)O[C@@H](C)[C@H](C)OC(=O)[C@@H](N)Cc1ccc(OC(=O)C(C)C(C)C)c(OC(=O)C(C)C(C)C)c1. The largest absolute Gasteiger partial charge is 0.508 e. The Labute approximate surface area is 238 Å². The number of ether oxygens (including phenoxy) is 5. The summed E-state index contributed by atoms with van der Waals surface area (Å²) in [6.07, 6.45) is -1.98. The van der Waals surface area contributed by atoms with E-state index >= 15 is 0 Å². The Balaban J connectivity index is 3.00. The molecule has 0 radical (unpaired) electrons. The van der Waals surface area contributed by atoms with Crippen LogP contribution in [-0.4, -0.2) is 48.4 Å². The van der Waals surface area contributed by atoms with E-state index in [0.717, 1.165) is 0 Å². The number of rotatable bonds is 14. The van der Waals surface area contributed by atoms with Gasteiger partial charge in [0.15, 0.2) is 11.5 Å².